The van der Waals surface area contributed by atoms with Crippen molar-refractivity contribution < 1.29 is 0 Å². The minimum Gasteiger partial charge on any atom is -0.313 e. The van der Waals surface area contributed by atoms with Crippen molar-refractivity contribution in [1.82, 2.24) is 10.3 Å². The van der Waals surface area contributed by atoms with Crippen LogP contribution >= 0.6 is 0 Å². The van der Waals surface area contributed by atoms with Gasteiger partial charge in [-0.25, -0.2) is 0 Å². The fraction of sp³-hybridized carbons (Fsp3) is 0.706. The molecular formula is C17H28N2. The molecule has 0 bridgehead atoms. The first-order valence-electron chi connectivity index (χ1n) is 7.77. The minimum atomic E-state index is 0.318. The van der Waals surface area contributed by atoms with Gasteiger partial charge >= 0.3 is 0 Å². The second-order valence-electron chi connectivity index (χ2n) is 6.47. The van der Waals surface area contributed by atoms with Crippen LogP contribution in [0.3, 0.4) is 0 Å². The number of nitrogens with one attached hydrogen (secondary N) is 1. The molecule has 106 valence electrons. The molecule has 1 heterocycles. The normalized spacial score (nSPS) is 20.3. The van der Waals surface area contributed by atoms with Gasteiger partial charge in [0.2, 0.25) is 0 Å². The monoisotopic (exact) mass is 260 g/mol. The van der Waals surface area contributed by atoms with E-state index < -0.39 is 0 Å². The van der Waals surface area contributed by atoms with E-state index in [1.165, 1.54) is 36.9 Å². The largest absolute Gasteiger partial charge is 0.313 e. The molecule has 2 atom stereocenters. The van der Waals surface area contributed by atoms with Crippen LogP contribution in [0.2, 0.25) is 0 Å². The summed E-state index contributed by atoms with van der Waals surface area (Å²) >= 11 is 0. The first-order chi connectivity index (χ1) is 9.10. The lowest BCUT2D eigenvalue weighted by molar-refractivity contribution is 0.198. The van der Waals surface area contributed by atoms with Gasteiger partial charge in [-0.3, -0.25) is 4.98 Å². The highest BCUT2D eigenvalue weighted by atomic mass is 14.9. The van der Waals surface area contributed by atoms with Crippen LogP contribution in [0, 0.1) is 5.41 Å². The first-order valence-corrected chi connectivity index (χ1v) is 7.77. The van der Waals surface area contributed by atoms with E-state index in [0.717, 1.165) is 6.54 Å². The third-order valence-corrected chi connectivity index (χ3v) is 4.77. The second kappa shape index (κ2) is 6.04. The maximum atomic E-state index is 4.68. The Morgan fingerprint density at radius 3 is 2.89 bits per heavy atom. The van der Waals surface area contributed by atoms with E-state index in [0.29, 0.717) is 17.4 Å². The quantitative estimate of drug-likeness (QED) is 0.838. The number of nitrogens with zero attached hydrogens (tertiary/aromatic N) is 1. The maximum Gasteiger partial charge on any atom is 0.0482 e. The Morgan fingerprint density at radius 2 is 2.21 bits per heavy atom. The predicted molar refractivity (Wildman–Crippen MR) is 81.5 cm³/mol. The average molecular weight is 260 g/mol. The topological polar surface area (TPSA) is 24.9 Å². The SMILES string of the molecule is CCCNC(C1CCc2cccnc21)C(C)(C)CC. The molecule has 0 aliphatic heterocycles. The van der Waals surface area contributed by atoms with Crippen LogP contribution in [0.15, 0.2) is 18.3 Å². The zero-order valence-corrected chi connectivity index (χ0v) is 12.9. The molecular weight excluding hydrogens is 232 g/mol. The number of aromatic nitrogens is 1. The summed E-state index contributed by atoms with van der Waals surface area (Å²) in [5, 5.41) is 3.80. The lowest BCUT2D eigenvalue weighted by Crippen LogP contribution is -2.46. The number of aryl methyl sites for hydroxylation is 1. The van der Waals surface area contributed by atoms with E-state index in [1.807, 2.05) is 6.20 Å². The van der Waals surface area contributed by atoms with Crippen molar-refractivity contribution in [3.05, 3.63) is 29.6 Å². The summed E-state index contributed by atoms with van der Waals surface area (Å²) in [5.74, 6) is 0.581. The highest BCUT2D eigenvalue weighted by Gasteiger charge is 2.38. The van der Waals surface area contributed by atoms with Crippen LogP contribution in [0.1, 0.15) is 64.1 Å². The van der Waals surface area contributed by atoms with Crippen LogP contribution < -0.4 is 5.32 Å². The molecule has 1 aliphatic rings. The zero-order valence-electron chi connectivity index (χ0n) is 12.9. The molecule has 2 rings (SSSR count). The summed E-state index contributed by atoms with van der Waals surface area (Å²) in [7, 11) is 0. The average Bonchev–Trinajstić information content (AvgIpc) is 2.83. The molecule has 0 saturated heterocycles. The van der Waals surface area contributed by atoms with Crippen LogP contribution in [-0.2, 0) is 6.42 Å². The number of hydrogen-bond donors (Lipinski definition) is 1. The Balaban J connectivity index is 2.25. The molecule has 0 saturated carbocycles. The number of rotatable bonds is 6. The van der Waals surface area contributed by atoms with E-state index in [9.17, 15) is 0 Å². The molecule has 0 radical (unpaired) electrons. The van der Waals surface area contributed by atoms with Gasteiger partial charge in [0.05, 0.1) is 0 Å². The minimum absolute atomic E-state index is 0.318. The summed E-state index contributed by atoms with van der Waals surface area (Å²) in [5.41, 5.74) is 3.12. The predicted octanol–water partition coefficient (Wildman–Crippen LogP) is 3.92. The van der Waals surface area contributed by atoms with E-state index in [4.69, 9.17) is 0 Å². The molecule has 19 heavy (non-hydrogen) atoms. The maximum absolute atomic E-state index is 4.68. The van der Waals surface area contributed by atoms with Gasteiger partial charge in [0.25, 0.3) is 0 Å². The van der Waals surface area contributed by atoms with Crippen molar-refractivity contribution in [3.63, 3.8) is 0 Å². The molecule has 1 N–H and O–H groups in total. The van der Waals surface area contributed by atoms with Gasteiger partial charge < -0.3 is 5.32 Å². The Morgan fingerprint density at radius 1 is 1.42 bits per heavy atom. The number of fused-ring (bicyclic) bond motifs is 1. The van der Waals surface area contributed by atoms with Crippen molar-refractivity contribution in [2.75, 3.05) is 6.54 Å². The van der Waals surface area contributed by atoms with Crippen LogP contribution in [-0.4, -0.2) is 17.6 Å². The Kier molecular flexibility index (Phi) is 4.62. The van der Waals surface area contributed by atoms with Gasteiger partial charge in [0.15, 0.2) is 0 Å². The molecule has 0 amide bonds. The highest BCUT2D eigenvalue weighted by Crippen LogP contribution is 2.41. The van der Waals surface area contributed by atoms with Crippen LogP contribution in [0.4, 0.5) is 0 Å². The Hall–Kier alpha value is -0.890. The molecule has 0 spiro atoms. The van der Waals surface area contributed by atoms with Gasteiger partial charge in [-0.2, -0.15) is 0 Å². The molecule has 1 aliphatic carbocycles. The molecule has 0 aromatic carbocycles. The van der Waals surface area contributed by atoms with E-state index in [1.54, 1.807) is 0 Å². The first kappa shape index (κ1) is 14.5. The second-order valence-corrected chi connectivity index (χ2v) is 6.47. The van der Waals surface area contributed by atoms with Crippen molar-refractivity contribution in [2.24, 2.45) is 5.41 Å². The summed E-state index contributed by atoms with van der Waals surface area (Å²) in [6.45, 7) is 10.4. The highest BCUT2D eigenvalue weighted by molar-refractivity contribution is 5.30. The van der Waals surface area contributed by atoms with Crippen molar-refractivity contribution >= 4 is 0 Å². The third-order valence-electron chi connectivity index (χ3n) is 4.77. The molecule has 1 aromatic rings. The molecule has 0 fully saturated rings. The van der Waals surface area contributed by atoms with E-state index in [-0.39, 0.29) is 0 Å². The molecule has 1 aromatic heterocycles. The Bertz CT molecular complexity index is 411. The van der Waals surface area contributed by atoms with Crippen molar-refractivity contribution in [2.45, 2.75) is 65.3 Å². The van der Waals surface area contributed by atoms with Gasteiger partial charge in [-0.1, -0.05) is 33.8 Å². The van der Waals surface area contributed by atoms with Gasteiger partial charge in [-0.05, 0) is 49.3 Å². The summed E-state index contributed by atoms with van der Waals surface area (Å²) < 4.78 is 0. The molecule has 2 unspecified atom stereocenters. The van der Waals surface area contributed by atoms with Crippen LogP contribution in [0.25, 0.3) is 0 Å². The molecule has 2 nitrogen and oxygen atoms in total. The fourth-order valence-corrected chi connectivity index (χ4v) is 3.25. The summed E-state index contributed by atoms with van der Waals surface area (Å²) in [6, 6.07) is 4.85. The van der Waals surface area contributed by atoms with Crippen LogP contribution in [0.5, 0.6) is 0 Å². The number of hydrogen-bond acceptors (Lipinski definition) is 2. The standard InChI is InChI=1S/C17H28N2/c1-5-11-19-16(17(3,4)6-2)14-10-9-13-8-7-12-18-15(13)14/h7-8,12,14,16,19H,5-6,9-11H2,1-4H3. The number of pyridine rings is 1. The van der Waals surface area contributed by atoms with E-state index in [2.05, 4.69) is 50.1 Å². The summed E-state index contributed by atoms with van der Waals surface area (Å²) in [4.78, 5) is 4.68. The van der Waals surface area contributed by atoms with Gasteiger partial charge in [0, 0.05) is 23.9 Å². The lowest BCUT2D eigenvalue weighted by atomic mass is 9.74. The van der Waals surface area contributed by atoms with E-state index >= 15 is 0 Å². The fourth-order valence-electron chi connectivity index (χ4n) is 3.25. The van der Waals surface area contributed by atoms with Gasteiger partial charge in [0.1, 0.15) is 0 Å². The summed E-state index contributed by atoms with van der Waals surface area (Å²) in [6.07, 6.45) is 6.78. The van der Waals surface area contributed by atoms with Crippen molar-refractivity contribution in [3.8, 4) is 0 Å². The molecule has 2 heteroatoms. The Labute approximate surface area is 118 Å². The zero-order chi connectivity index (χ0) is 13.9. The van der Waals surface area contributed by atoms with Gasteiger partial charge in [-0.15, -0.1) is 0 Å². The van der Waals surface area contributed by atoms with Crippen molar-refractivity contribution in [1.29, 1.82) is 0 Å². The third kappa shape index (κ3) is 3.00. The smallest absolute Gasteiger partial charge is 0.0482 e. The lowest BCUT2D eigenvalue weighted by Gasteiger charge is -2.38.